The van der Waals surface area contributed by atoms with Crippen molar-refractivity contribution in [1.29, 1.82) is 0 Å². The predicted octanol–water partition coefficient (Wildman–Crippen LogP) is 4.31. The Morgan fingerprint density at radius 1 is 1.27 bits per heavy atom. The monoisotopic (exact) mass is 394 g/mol. The maximum atomic E-state index is 13.4. The molecule has 0 radical (unpaired) electrons. The van der Waals surface area contributed by atoms with E-state index < -0.39 is 5.82 Å². The summed E-state index contributed by atoms with van der Waals surface area (Å²) in [6, 6.07) is 0. The van der Waals surface area contributed by atoms with E-state index in [2.05, 4.69) is 49.4 Å². The Morgan fingerprint density at radius 2 is 1.67 bits per heavy atom. The van der Waals surface area contributed by atoms with Gasteiger partial charge in [-0.05, 0) is 44.1 Å². The molecule has 0 fully saturated rings. The van der Waals surface area contributed by atoms with Crippen LogP contribution < -0.4 is 11.1 Å². The van der Waals surface area contributed by atoms with Crippen molar-refractivity contribution in [2.45, 2.75) is 0 Å². The van der Waals surface area contributed by atoms with Crippen LogP contribution in [0.15, 0.2) is 8.95 Å². The molecule has 0 aliphatic rings. The number of benzene rings is 1. The summed E-state index contributed by atoms with van der Waals surface area (Å²) in [5.41, 5.74) is 5.69. The third kappa shape index (κ3) is 2.74. The molecular formula is C7H3Br2Cl2FN2S. The lowest BCUT2D eigenvalue weighted by Gasteiger charge is -2.12. The molecule has 0 atom stereocenters. The predicted molar refractivity (Wildman–Crippen MR) is 72.2 cm³/mol. The minimum atomic E-state index is -0.717. The van der Waals surface area contributed by atoms with Crippen LogP contribution in [0, 0.1) is 5.82 Å². The van der Waals surface area contributed by atoms with Crippen molar-refractivity contribution in [3.63, 3.8) is 0 Å². The molecule has 0 unspecified atom stereocenters. The highest BCUT2D eigenvalue weighted by Gasteiger charge is 2.19. The smallest absolute Gasteiger partial charge is 0.168 e. The molecule has 1 rings (SSSR count). The largest absolute Gasteiger partial charge is 0.376 e. The number of rotatable bonds is 1. The van der Waals surface area contributed by atoms with E-state index in [9.17, 15) is 4.39 Å². The SMILES string of the molecule is NC(=S)Nc1c(Br)c(Cl)c(F)c(Cl)c1Br. The third-order valence-corrected chi connectivity index (χ3v) is 4.31. The Kier molecular flexibility index (Phi) is 4.61. The van der Waals surface area contributed by atoms with Gasteiger partial charge >= 0.3 is 0 Å². The molecule has 0 aliphatic carbocycles. The molecule has 0 aliphatic heterocycles. The molecule has 1 aromatic carbocycles. The second kappa shape index (κ2) is 5.14. The molecule has 82 valence electrons. The van der Waals surface area contributed by atoms with E-state index in [0.29, 0.717) is 14.6 Å². The average Bonchev–Trinajstić information content (AvgIpc) is 2.18. The van der Waals surface area contributed by atoms with E-state index in [4.69, 9.17) is 28.9 Å². The molecular weight excluding hydrogens is 394 g/mol. The van der Waals surface area contributed by atoms with E-state index in [1.54, 1.807) is 0 Å². The van der Waals surface area contributed by atoms with Crippen molar-refractivity contribution in [3.05, 3.63) is 24.8 Å². The molecule has 15 heavy (non-hydrogen) atoms. The molecule has 0 saturated carbocycles. The van der Waals surface area contributed by atoms with Crippen molar-refractivity contribution in [3.8, 4) is 0 Å². The molecule has 3 N–H and O–H groups in total. The van der Waals surface area contributed by atoms with Crippen molar-refractivity contribution in [1.82, 2.24) is 0 Å². The fraction of sp³-hybridized carbons (Fsp3) is 0. The van der Waals surface area contributed by atoms with Gasteiger partial charge in [0.25, 0.3) is 0 Å². The lowest BCUT2D eigenvalue weighted by Crippen LogP contribution is -2.19. The van der Waals surface area contributed by atoms with Crippen LogP contribution in [0.25, 0.3) is 0 Å². The molecule has 0 bridgehead atoms. The Morgan fingerprint density at radius 3 is 2.00 bits per heavy atom. The molecule has 0 saturated heterocycles. The average molecular weight is 397 g/mol. The summed E-state index contributed by atoms with van der Waals surface area (Å²) in [6.45, 7) is 0. The summed E-state index contributed by atoms with van der Waals surface area (Å²) in [5.74, 6) is -0.717. The maximum Gasteiger partial charge on any atom is 0.168 e. The first-order valence-electron chi connectivity index (χ1n) is 3.44. The molecule has 0 heterocycles. The number of nitrogens with two attached hydrogens (primary N) is 1. The topological polar surface area (TPSA) is 38.0 Å². The van der Waals surface area contributed by atoms with Gasteiger partial charge < -0.3 is 11.1 Å². The Balaban J connectivity index is 3.45. The zero-order valence-electron chi connectivity index (χ0n) is 6.88. The van der Waals surface area contributed by atoms with Crippen molar-refractivity contribution < 1.29 is 4.39 Å². The first-order valence-corrected chi connectivity index (χ1v) is 6.19. The standard InChI is InChI=1S/C7H3Br2Cl2FN2S/c8-1-3(10)5(12)4(11)2(9)6(1)14-7(13)15/h(H3,13,14,15). The van der Waals surface area contributed by atoms with Crippen LogP contribution in [0.1, 0.15) is 0 Å². The van der Waals surface area contributed by atoms with Gasteiger partial charge in [0.2, 0.25) is 0 Å². The molecule has 0 spiro atoms. The highest BCUT2D eigenvalue weighted by molar-refractivity contribution is 9.11. The van der Waals surface area contributed by atoms with Gasteiger partial charge in [-0.25, -0.2) is 4.39 Å². The summed E-state index contributed by atoms with van der Waals surface area (Å²) in [7, 11) is 0. The normalized spacial score (nSPS) is 10.2. The zero-order valence-corrected chi connectivity index (χ0v) is 12.4. The summed E-state index contributed by atoms with van der Waals surface area (Å²) in [5, 5.41) is 2.38. The number of thiocarbonyl (C=S) groups is 1. The van der Waals surface area contributed by atoms with Crippen LogP contribution in [-0.4, -0.2) is 5.11 Å². The molecule has 1 aromatic rings. The minimum Gasteiger partial charge on any atom is -0.376 e. The van der Waals surface area contributed by atoms with Crippen molar-refractivity contribution in [2.75, 3.05) is 5.32 Å². The summed E-state index contributed by atoms with van der Waals surface area (Å²) in [4.78, 5) is 0. The van der Waals surface area contributed by atoms with Gasteiger partial charge in [0.15, 0.2) is 10.9 Å². The molecule has 0 aromatic heterocycles. The van der Waals surface area contributed by atoms with Gasteiger partial charge in [0.1, 0.15) is 0 Å². The number of nitrogens with one attached hydrogen (secondary N) is 1. The number of hydrogen-bond acceptors (Lipinski definition) is 1. The highest BCUT2D eigenvalue weighted by atomic mass is 79.9. The van der Waals surface area contributed by atoms with Gasteiger partial charge in [-0.3, -0.25) is 0 Å². The Labute approximate surface area is 118 Å². The van der Waals surface area contributed by atoms with Gasteiger partial charge in [0.05, 0.1) is 24.7 Å². The van der Waals surface area contributed by atoms with Crippen molar-refractivity contribution in [2.24, 2.45) is 5.73 Å². The van der Waals surface area contributed by atoms with Gasteiger partial charge in [0, 0.05) is 0 Å². The van der Waals surface area contributed by atoms with Gasteiger partial charge in [-0.2, -0.15) is 0 Å². The lowest BCUT2D eigenvalue weighted by atomic mass is 10.3. The molecule has 8 heteroatoms. The first kappa shape index (κ1) is 13.4. The second-order valence-electron chi connectivity index (χ2n) is 2.43. The van der Waals surface area contributed by atoms with E-state index in [1.165, 1.54) is 0 Å². The van der Waals surface area contributed by atoms with Crippen LogP contribution in [0.4, 0.5) is 10.1 Å². The summed E-state index contributed by atoms with van der Waals surface area (Å²) in [6.07, 6.45) is 0. The molecule has 0 amide bonds. The molecule has 2 nitrogen and oxygen atoms in total. The highest BCUT2D eigenvalue weighted by Crippen LogP contribution is 2.43. The van der Waals surface area contributed by atoms with E-state index >= 15 is 0 Å². The van der Waals surface area contributed by atoms with E-state index in [-0.39, 0.29) is 15.2 Å². The second-order valence-corrected chi connectivity index (χ2v) is 5.22. The quantitative estimate of drug-likeness (QED) is 0.422. The summed E-state index contributed by atoms with van der Waals surface area (Å²) < 4.78 is 13.9. The minimum absolute atomic E-state index is 0.0233. The number of hydrogen-bond donors (Lipinski definition) is 2. The van der Waals surface area contributed by atoms with Crippen molar-refractivity contribution >= 4 is 78.1 Å². The first-order chi connectivity index (χ1) is 6.86. The Hall–Kier alpha value is 0.380. The van der Waals surface area contributed by atoms with Crippen LogP contribution >= 0.6 is 67.3 Å². The summed E-state index contributed by atoms with van der Waals surface area (Å²) >= 11 is 22.3. The maximum absolute atomic E-state index is 13.4. The van der Waals surface area contributed by atoms with Gasteiger partial charge in [-0.1, -0.05) is 23.2 Å². The number of halogens is 5. The Bertz CT molecular complexity index is 412. The third-order valence-electron chi connectivity index (χ3n) is 1.46. The van der Waals surface area contributed by atoms with Crippen LogP contribution in [0.2, 0.25) is 10.0 Å². The van der Waals surface area contributed by atoms with Crippen LogP contribution in [0.3, 0.4) is 0 Å². The van der Waals surface area contributed by atoms with Crippen LogP contribution in [0.5, 0.6) is 0 Å². The fourth-order valence-corrected chi connectivity index (χ4v) is 2.58. The van der Waals surface area contributed by atoms with Crippen LogP contribution in [-0.2, 0) is 0 Å². The zero-order chi connectivity index (χ0) is 11.7. The van der Waals surface area contributed by atoms with Gasteiger partial charge in [-0.15, -0.1) is 0 Å². The lowest BCUT2D eigenvalue weighted by molar-refractivity contribution is 0.627. The van der Waals surface area contributed by atoms with E-state index in [1.807, 2.05) is 0 Å². The number of anilines is 1. The van der Waals surface area contributed by atoms with E-state index in [0.717, 1.165) is 0 Å². The fourth-order valence-electron chi connectivity index (χ4n) is 0.838.